The Morgan fingerprint density at radius 1 is 0.941 bits per heavy atom. The van der Waals surface area contributed by atoms with Crippen molar-refractivity contribution in [3.8, 4) is 0 Å². The molecule has 0 bridgehead atoms. The number of hydrogen-bond acceptors (Lipinski definition) is 8. The Labute approximate surface area is 196 Å². The summed E-state index contributed by atoms with van der Waals surface area (Å²) >= 11 is 0. The van der Waals surface area contributed by atoms with Gasteiger partial charge in [-0.25, -0.2) is 4.79 Å². The van der Waals surface area contributed by atoms with Crippen LogP contribution in [0.2, 0.25) is 0 Å². The molecule has 15 nitrogen and oxygen atoms in total. The molecule has 3 amide bonds. The molecule has 0 aromatic rings. The van der Waals surface area contributed by atoms with Crippen LogP contribution < -0.4 is 33.2 Å². The van der Waals surface area contributed by atoms with E-state index in [1.807, 2.05) is 0 Å². The van der Waals surface area contributed by atoms with Crippen molar-refractivity contribution in [2.75, 3.05) is 13.2 Å². The Morgan fingerprint density at radius 3 is 1.97 bits per heavy atom. The van der Waals surface area contributed by atoms with E-state index in [4.69, 9.17) is 22.3 Å². The predicted molar refractivity (Wildman–Crippen MR) is 120 cm³/mol. The Balaban J connectivity index is 5.21. The van der Waals surface area contributed by atoms with Gasteiger partial charge in [0, 0.05) is 6.54 Å². The summed E-state index contributed by atoms with van der Waals surface area (Å²) in [5.41, 5.74) is 16.1. The molecule has 12 N–H and O–H groups in total. The van der Waals surface area contributed by atoms with Gasteiger partial charge in [-0.1, -0.05) is 20.3 Å². The number of amides is 3. The van der Waals surface area contributed by atoms with Gasteiger partial charge >= 0.3 is 11.9 Å². The zero-order valence-electron chi connectivity index (χ0n) is 19.2. The highest BCUT2D eigenvalue weighted by molar-refractivity contribution is 5.95. The summed E-state index contributed by atoms with van der Waals surface area (Å²) in [6.45, 7) is 2.64. The number of carboxylic acid groups (broad SMARTS) is 2. The lowest BCUT2D eigenvalue weighted by atomic mass is 9.99. The molecule has 0 saturated carbocycles. The standard InChI is InChI=1S/C19H35N7O8/c1-3-9(2)14(18(33)34)26-17(32)12(8-27)25-16(31)11(7-13(28)29)24-15(30)10(20)5-4-6-23-19(21)22/h9-12,14,27H,3-8,20H2,1-2H3,(H,24,30)(H,25,31)(H,26,32)(H,28,29)(H,33,34)(H4,21,22,23). The van der Waals surface area contributed by atoms with Gasteiger partial charge in [-0.2, -0.15) is 0 Å². The van der Waals surface area contributed by atoms with Gasteiger partial charge in [0.25, 0.3) is 0 Å². The van der Waals surface area contributed by atoms with E-state index in [2.05, 4.69) is 20.9 Å². The molecule has 0 aliphatic carbocycles. The highest BCUT2D eigenvalue weighted by Crippen LogP contribution is 2.08. The Bertz CT molecular complexity index is 757. The van der Waals surface area contributed by atoms with Gasteiger partial charge < -0.3 is 48.5 Å². The lowest BCUT2D eigenvalue weighted by Crippen LogP contribution is -2.59. The highest BCUT2D eigenvalue weighted by Gasteiger charge is 2.32. The summed E-state index contributed by atoms with van der Waals surface area (Å²) in [6.07, 6.45) is 0.0862. The molecule has 0 radical (unpaired) electrons. The number of carbonyl (C=O) groups excluding carboxylic acids is 3. The zero-order valence-corrected chi connectivity index (χ0v) is 19.2. The van der Waals surface area contributed by atoms with Crippen LogP contribution in [0, 0.1) is 5.92 Å². The fraction of sp³-hybridized carbons (Fsp3) is 0.684. The fourth-order valence-electron chi connectivity index (χ4n) is 2.72. The number of aliphatic imine (C=N–C) groups is 1. The first-order valence-corrected chi connectivity index (χ1v) is 10.6. The smallest absolute Gasteiger partial charge is 0.326 e. The maximum absolute atomic E-state index is 12.6. The normalized spacial score (nSPS) is 15.1. The molecule has 0 aliphatic heterocycles. The summed E-state index contributed by atoms with van der Waals surface area (Å²) in [6, 6.07) is -5.56. The molecule has 34 heavy (non-hydrogen) atoms. The molecule has 15 heteroatoms. The number of nitrogens with one attached hydrogen (secondary N) is 3. The first kappa shape index (κ1) is 30.5. The SMILES string of the molecule is CCC(C)C(NC(=O)C(CO)NC(=O)C(CC(=O)O)NC(=O)C(N)CCCN=C(N)N)C(=O)O. The summed E-state index contributed by atoms with van der Waals surface area (Å²) in [5, 5.41) is 34.4. The Hall–Kier alpha value is -3.46. The predicted octanol–water partition coefficient (Wildman–Crippen LogP) is -3.58. The van der Waals surface area contributed by atoms with Gasteiger partial charge in [0.05, 0.1) is 19.1 Å². The van der Waals surface area contributed by atoms with Crippen molar-refractivity contribution < 1.29 is 39.3 Å². The number of hydrogen-bond donors (Lipinski definition) is 9. The van der Waals surface area contributed by atoms with Gasteiger partial charge in [-0.3, -0.25) is 24.2 Å². The number of carbonyl (C=O) groups is 5. The molecule has 0 spiro atoms. The van der Waals surface area contributed by atoms with Gasteiger partial charge in [-0.05, 0) is 18.8 Å². The van der Waals surface area contributed by atoms with Crippen LogP contribution in [-0.4, -0.2) is 88.3 Å². The number of nitrogens with zero attached hydrogens (tertiary/aromatic N) is 1. The van der Waals surface area contributed by atoms with E-state index < -0.39 is 72.8 Å². The van der Waals surface area contributed by atoms with E-state index >= 15 is 0 Å². The third-order valence-electron chi connectivity index (χ3n) is 4.91. The van der Waals surface area contributed by atoms with Crippen LogP contribution in [0.1, 0.15) is 39.5 Å². The topological polar surface area (TPSA) is 273 Å². The van der Waals surface area contributed by atoms with Crippen LogP contribution in [0.4, 0.5) is 0 Å². The minimum absolute atomic E-state index is 0.127. The van der Waals surface area contributed by atoms with Crippen molar-refractivity contribution >= 4 is 35.6 Å². The first-order valence-electron chi connectivity index (χ1n) is 10.6. The van der Waals surface area contributed by atoms with Crippen LogP contribution in [0.3, 0.4) is 0 Å². The highest BCUT2D eigenvalue weighted by atomic mass is 16.4. The largest absolute Gasteiger partial charge is 0.481 e. The first-order chi connectivity index (χ1) is 15.8. The van der Waals surface area contributed by atoms with E-state index in [0.717, 1.165) is 0 Å². The van der Waals surface area contributed by atoms with Gasteiger partial charge in [-0.15, -0.1) is 0 Å². The summed E-state index contributed by atoms with van der Waals surface area (Å²) in [7, 11) is 0. The van der Waals surface area contributed by atoms with Crippen molar-refractivity contribution in [3.63, 3.8) is 0 Å². The molecule has 0 saturated heterocycles. The average Bonchev–Trinajstić information content (AvgIpc) is 2.76. The third-order valence-corrected chi connectivity index (χ3v) is 4.91. The van der Waals surface area contributed by atoms with Gasteiger partial charge in [0.2, 0.25) is 17.7 Å². The van der Waals surface area contributed by atoms with Crippen molar-refractivity contribution in [2.24, 2.45) is 28.1 Å². The quantitative estimate of drug-likeness (QED) is 0.0580. The van der Waals surface area contributed by atoms with Crippen LogP contribution in [0.5, 0.6) is 0 Å². The number of aliphatic hydroxyl groups excluding tert-OH is 1. The van der Waals surface area contributed by atoms with Crippen molar-refractivity contribution in [1.29, 1.82) is 0 Å². The summed E-state index contributed by atoms with van der Waals surface area (Å²) in [4.78, 5) is 63.6. The molecule has 0 aromatic heterocycles. The van der Waals surface area contributed by atoms with Gasteiger partial charge in [0.15, 0.2) is 5.96 Å². The van der Waals surface area contributed by atoms with E-state index in [9.17, 15) is 34.2 Å². The maximum atomic E-state index is 12.6. The second-order valence-corrected chi connectivity index (χ2v) is 7.67. The van der Waals surface area contributed by atoms with E-state index in [0.29, 0.717) is 12.8 Å². The molecule has 0 aromatic carbocycles. The molecule has 0 heterocycles. The van der Waals surface area contributed by atoms with Crippen LogP contribution >= 0.6 is 0 Å². The molecule has 0 aliphatic rings. The third kappa shape index (κ3) is 11.4. The number of carboxylic acids is 2. The lowest BCUT2D eigenvalue weighted by Gasteiger charge is -2.25. The summed E-state index contributed by atoms with van der Waals surface area (Å²) < 4.78 is 0. The Morgan fingerprint density at radius 2 is 1.50 bits per heavy atom. The second-order valence-electron chi connectivity index (χ2n) is 7.67. The molecule has 194 valence electrons. The van der Waals surface area contributed by atoms with Crippen molar-refractivity contribution in [2.45, 2.75) is 63.7 Å². The summed E-state index contributed by atoms with van der Waals surface area (Å²) in [5.74, 6) is -6.17. The molecular formula is C19H35N7O8. The average molecular weight is 490 g/mol. The van der Waals surface area contributed by atoms with Crippen molar-refractivity contribution in [1.82, 2.24) is 16.0 Å². The van der Waals surface area contributed by atoms with Gasteiger partial charge in [0.1, 0.15) is 18.1 Å². The lowest BCUT2D eigenvalue weighted by molar-refractivity contribution is -0.144. The molecule has 0 rings (SSSR count). The van der Waals surface area contributed by atoms with Crippen LogP contribution in [-0.2, 0) is 24.0 Å². The minimum Gasteiger partial charge on any atom is -0.481 e. The van der Waals surface area contributed by atoms with E-state index in [1.165, 1.54) is 0 Å². The Kier molecular flexibility index (Phi) is 13.8. The molecule has 0 fully saturated rings. The van der Waals surface area contributed by atoms with E-state index in [1.54, 1.807) is 13.8 Å². The minimum atomic E-state index is -1.61. The fourth-order valence-corrected chi connectivity index (χ4v) is 2.72. The number of nitrogens with two attached hydrogens (primary N) is 3. The number of aliphatic hydroxyl groups is 1. The van der Waals surface area contributed by atoms with E-state index in [-0.39, 0.29) is 18.9 Å². The van der Waals surface area contributed by atoms with Crippen LogP contribution in [0.25, 0.3) is 0 Å². The number of rotatable bonds is 16. The molecular weight excluding hydrogens is 454 g/mol. The van der Waals surface area contributed by atoms with Crippen molar-refractivity contribution in [3.05, 3.63) is 0 Å². The maximum Gasteiger partial charge on any atom is 0.326 e. The molecule has 5 unspecified atom stereocenters. The number of guanidine groups is 1. The number of aliphatic carboxylic acids is 2. The molecule has 5 atom stereocenters. The zero-order chi connectivity index (χ0) is 26.4. The van der Waals surface area contributed by atoms with Crippen LogP contribution in [0.15, 0.2) is 4.99 Å². The second kappa shape index (κ2) is 15.4. The monoisotopic (exact) mass is 489 g/mol.